The molecule has 0 aromatic carbocycles. The third-order valence-electron chi connectivity index (χ3n) is 0.508. The highest BCUT2D eigenvalue weighted by atomic mass is 32.3. The molecule has 0 bridgehead atoms. The third kappa shape index (κ3) is 63.1. The van der Waals surface area contributed by atoms with E-state index >= 15 is 0 Å². The zero-order chi connectivity index (χ0) is 23.1. The van der Waals surface area contributed by atoms with Gasteiger partial charge in [0.15, 0.2) is 0 Å². The van der Waals surface area contributed by atoms with Crippen LogP contribution in [0, 0.1) is 0 Å². The molecule has 0 radical (unpaired) electrons. The van der Waals surface area contributed by atoms with Crippen LogP contribution in [-0.4, -0.2) is 77.8 Å². The summed E-state index contributed by atoms with van der Waals surface area (Å²) in [6, 6.07) is 0. The van der Waals surface area contributed by atoms with Crippen LogP contribution < -0.4 is 18.5 Å². The maximum Gasteiger partial charge on any atom is 0.411 e. The van der Waals surface area contributed by atoms with Crippen molar-refractivity contribution in [1.29, 1.82) is 0 Å². The van der Waals surface area contributed by atoms with Gasteiger partial charge in [0.05, 0.1) is 0 Å². The van der Waals surface area contributed by atoms with Crippen LogP contribution in [0.4, 0.5) is 0 Å². The Balaban J connectivity index is -0.0000000686. The molecular weight excluding hydrogens is 570 g/mol. The zero-order valence-corrected chi connectivity index (χ0v) is 19.0. The van der Waals surface area contributed by atoms with Gasteiger partial charge in [-0.25, -0.2) is 25.3 Å². The highest BCUT2D eigenvalue weighted by Gasteiger charge is 2.10. The number of hydrogen-bond acceptors (Lipinski definition) is 18. The molecule has 0 rings (SSSR count). The van der Waals surface area contributed by atoms with Crippen molar-refractivity contribution >= 4 is 62.4 Å². The SMILES string of the molecule is O=S(=O)([O-])OS(=O)(=O)O.O=S(=O)([O-])OS(=O)(=O)O.O=S(=O)([O-])OS(=O)(=O)O.[NH4+].[NH4+].[NH4+]. The predicted molar refractivity (Wildman–Crippen MR) is 84.9 cm³/mol. The summed E-state index contributed by atoms with van der Waals surface area (Å²) < 4.78 is 171. The van der Waals surface area contributed by atoms with Crippen molar-refractivity contribution in [1.82, 2.24) is 18.5 Å². The Labute approximate surface area is 169 Å². The zero-order valence-electron chi connectivity index (χ0n) is 14.1. The Morgan fingerprint density at radius 3 is 0.500 bits per heavy atom. The largest absolute Gasteiger partial charge is 0.725 e. The number of quaternary nitrogens is 3. The molecule has 0 amide bonds. The number of hydrogen-bond donors (Lipinski definition) is 6. The molecule has 0 heterocycles. The predicted octanol–water partition coefficient (Wildman–Crippen LogP) is -4.07. The van der Waals surface area contributed by atoms with Gasteiger partial charge in [-0.15, -0.1) is 10.9 Å². The molecule has 30 heavy (non-hydrogen) atoms. The topological polar surface area (TPSA) is 472 Å². The number of rotatable bonds is 6. The van der Waals surface area contributed by atoms with Crippen molar-refractivity contribution in [3.05, 3.63) is 0 Å². The minimum absolute atomic E-state index is 0. The van der Waals surface area contributed by atoms with Crippen molar-refractivity contribution in [3.8, 4) is 0 Å². The summed E-state index contributed by atoms with van der Waals surface area (Å²) in [7, 11) is -31.7. The van der Waals surface area contributed by atoms with Gasteiger partial charge in [0, 0.05) is 0 Å². The lowest BCUT2D eigenvalue weighted by Crippen LogP contribution is -2.10. The normalized spacial score (nSPS) is 12.2. The van der Waals surface area contributed by atoms with Gasteiger partial charge in [0.2, 0.25) is 31.2 Å². The second-order valence-electron chi connectivity index (χ2n) is 2.71. The van der Waals surface area contributed by atoms with Gasteiger partial charge in [-0.05, 0) is 0 Å². The lowest BCUT2D eigenvalue weighted by atomic mass is 14.0. The Morgan fingerprint density at radius 2 is 0.500 bits per heavy atom. The summed E-state index contributed by atoms with van der Waals surface area (Å²) in [5.41, 5.74) is 0. The highest BCUT2D eigenvalue weighted by molar-refractivity contribution is 7.95. The van der Waals surface area contributed by atoms with Crippen molar-refractivity contribution in [2.75, 3.05) is 0 Å². The van der Waals surface area contributed by atoms with Gasteiger partial charge in [-0.2, -0.15) is 25.3 Å². The summed E-state index contributed by atoms with van der Waals surface area (Å²) >= 11 is 0. The lowest BCUT2D eigenvalue weighted by Gasteiger charge is -2.01. The average molecular weight is 586 g/mol. The van der Waals surface area contributed by atoms with E-state index in [-0.39, 0.29) is 18.5 Å². The van der Waals surface area contributed by atoms with Crippen LogP contribution in [0.15, 0.2) is 0 Å². The van der Waals surface area contributed by atoms with E-state index in [1.165, 1.54) is 0 Å². The van der Waals surface area contributed by atoms with Crippen LogP contribution >= 0.6 is 0 Å². The van der Waals surface area contributed by atoms with Gasteiger partial charge in [0.1, 0.15) is 0 Å². The molecule has 0 fully saturated rings. The van der Waals surface area contributed by atoms with Gasteiger partial charge < -0.3 is 32.1 Å². The standard InChI is InChI=1S/3H3N.3H2O7S2/c;;;3*1-8(2,3)7-9(4,5)6/h3*1H3;3*(H,1,2,3)(H,4,5,6). The maximum absolute atomic E-state index is 9.40. The third-order valence-corrected chi connectivity index (χ3v) is 4.57. The maximum atomic E-state index is 9.40. The van der Waals surface area contributed by atoms with E-state index in [4.69, 9.17) is 13.7 Å². The van der Waals surface area contributed by atoms with Crippen LogP contribution in [0.1, 0.15) is 0 Å². The van der Waals surface area contributed by atoms with Crippen molar-refractivity contribution < 1.29 is 88.7 Å². The molecular formula is H15N3O21S6. The summed E-state index contributed by atoms with van der Waals surface area (Å²) in [6.45, 7) is 0. The minimum atomic E-state index is -5.37. The molecule has 0 saturated heterocycles. The van der Waals surface area contributed by atoms with Gasteiger partial charge in [-0.1, -0.05) is 0 Å². The fraction of sp³-hybridized carbons (Fsp3) is 0. The first-order chi connectivity index (χ1) is 11.1. The van der Waals surface area contributed by atoms with E-state index in [1.807, 2.05) is 0 Å². The fourth-order valence-electron chi connectivity index (χ4n) is 0.316. The molecule has 192 valence electrons. The molecule has 0 spiro atoms. The summed E-state index contributed by atoms with van der Waals surface area (Å²) in [6.07, 6.45) is 0. The fourth-order valence-corrected chi connectivity index (χ4v) is 2.84. The van der Waals surface area contributed by atoms with Gasteiger partial charge >= 0.3 is 31.2 Å². The monoisotopic (exact) mass is 585 g/mol. The van der Waals surface area contributed by atoms with E-state index in [1.54, 1.807) is 0 Å². The molecule has 0 aromatic heterocycles. The Kier molecular flexibility index (Phi) is 20.6. The molecule has 0 aliphatic rings. The van der Waals surface area contributed by atoms with Crippen molar-refractivity contribution in [2.45, 2.75) is 0 Å². The smallest absolute Gasteiger partial charge is 0.411 e. The molecule has 0 atom stereocenters. The van der Waals surface area contributed by atoms with Gasteiger partial charge in [-0.3, -0.25) is 13.7 Å². The Hall–Kier alpha value is -0.780. The van der Waals surface area contributed by atoms with Crippen LogP contribution in [0.5, 0.6) is 0 Å². The first kappa shape index (κ1) is 43.2. The van der Waals surface area contributed by atoms with E-state index < -0.39 is 62.4 Å². The van der Waals surface area contributed by atoms with E-state index in [0.29, 0.717) is 0 Å². The quantitative estimate of drug-likeness (QED) is 0.127. The van der Waals surface area contributed by atoms with Gasteiger partial charge in [0.25, 0.3) is 0 Å². The molecule has 15 N–H and O–H groups in total. The molecule has 0 unspecified atom stereocenters. The Morgan fingerprint density at radius 1 is 0.400 bits per heavy atom. The summed E-state index contributed by atoms with van der Waals surface area (Å²) in [5.74, 6) is 0. The van der Waals surface area contributed by atoms with Crippen molar-refractivity contribution in [3.63, 3.8) is 0 Å². The Bertz CT molecular complexity index is 858. The molecule has 30 heteroatoms. The second kappa shape index (κ2) is 14.3. The van der Waals surface area contributed by atoms with E-state index in [2.05, 4.69) is 10.9 Å². The van der Waals surface area contributed by atoms with Crippen LogP contribution in [0.2, 0.25) is 0 Å². The first-order valence-electron chi connectivity index (χ1n) is 4.05. The highest BCUT2D eigenvalue weighted by Crippen LogP contribution is 1.92. The van der Waals surface area contributed by atoms with Crippen molar-refractivity contribution in [2.24, 2.45) is 0 Å². The lowest BCUT2D eigenvalue weighted by molar-refractivity contribution is 0.331. The second-order valence-corrected chi connectivity index (χ2v) is 9.36. The van der Waals surface area contributed by atoms with E-state index in [0.717, 1.165) is 0 Å². The molecule has 0 aliphatic heterocycles. The molecule has 0 aliphatic carbocycles. The average Bonchev–Trinajstić information content (AvgIpc) is 1.96. The molecule has 0 saturated carbocycles. The summed E-state index contributed by atoms with van der Waals surface area (Å²) in [4.78, 5) is 0. The van der Waals surface area contributed by atoms with E-state index in [9.17, 15) is 64.2 Å². The molecule has 0 aromatic rings. The summed E-state index contributed by atoms with van der Waals surface area (Å²) in [5, 5.41) is 0. The van der Waals surface area contributed by atoms with Crippen LogP contribution in [0.25, 0.3) is 0 Å². The first-order valence-corrected chi connectivity index (χ1v) is 12.1. The van der Waals surface area contributed by atoms with Crippen LogP contribution in [0.3, 0.4) is 0 Å². The minimum Gasteiger partial charge on any atom is -0.725 e. The van der Waals surface area contributed by atoms with Crippen LogP contribution in [-0.2, 0) is 73.3 Å². The molecule has 24 nitrogen and oxygen atoms in total.